The molecule has 0 saturated heterocycles. The first-order valence-electron chi connectivity index (χ1n) is 12.1. The summed E-state index contributed by atoms with van der Waals surface area (Å²) in [4.78, 5) is 47.3. The number of benzene rings is 3. The van der Waals surface area contributed by atoms with Crippen molar-refractivity contribution in [3.8, 4) is 5.75 Å². The molecule has 41 heavy (non-hydrogen) atoms. The smallest absolute Gasteiger partial charge is 0.491 e. The zero-order valence-electron chi connectivity index (χ0n) is 22.0. The molecule has 0 radical (unpaired) electrons. The molecule has 0 aliphatic carbocycles. The van der Waals surface area contributed by atoms with Crippen LogP contribution in [0.25, 0.3) is 0 Å². The summed E-state index contributed by atoms with van der Waals surface area (Å²) in [5.74, 6) is -4.04. The van der Waals surface area contributed by atoms with Gasteiger partial charge in [0.05, 0.1) is 25.6 Å². The minimum atomic E-state index is -5.29. The van der Waals surface area contributed by atoms with E-state index in [0.717, 1.165) is 5.56 Å². The van der Waals surface area contributed by atoms with Crippen molar-refractivity contribution in [3.63, 3.8) is 0 Å². The molecule has 1 atom stereocenters. The quantitative estimate of drug-likeness (QED) is 0.212. The highest BCUT2D eigenvalue weighted by molar-refractivity contribution is 6.01. The summed E-state index contributed by atoms with van der Waals surface area (Å²) >= 11 is 0. The molecule has 5 N–H and O–H groups in total. The molecule has 0 aliphatic rings. The number of para-hydroxylation sites is 1. The molecule has 0 saturated carbocycles. The number of nitrogens with one attached hydrogen (secondary N) is 3. The largest absolute Gasteiger partial charge is 0.495 e. The van der Waals surface area contributed by atoms with E-state index in [-0.39, 0.29) is 12.3 Å². The molecule has 0 aliphatic heterocycles. The first-order chi connectivity index (χ1) is 19.3. The Morgan fingerprint density at radius 1 is 0.902 bits per heavy atom. The van der Waals surface area contributed by atoms with Crippen molar-refractivity contribution in [3.05, 3.63) is 83.4 Å². The van der Waals surface area contributed by atoms with Gasteiger partial charge in [-0.1, -0.05) is 36.4 Å². The molecule has 0 heterocycles. The van der Waals surface area contributed by atoms with Gasteiger partial charge in [0, 0.05) is 17.4 Å². The minimum Gasteiger partial charge on any atom is -0.495 e. The summed E-state index contributed by atoms with van der Waals surface area (Å²) in [6.45, 7) is 1.87. The van der Waals surface area contributed by atoms with Crippen LogP contribution < -0.4 is 26.4 Å². The van der Waals surface area contributed by atoms with E-state index in [1.54, 1.807) is 30.3 Å². The number of amides is 3. The summed E-state index contributed by atoms with van der Waals surface area (Å²) in [6.07, 6.45) is -5.97. The van der Waals surface area contributed by atoms with Gasteiger partial charge in [0.2, 0.25) is 5.91 Å². The number of esters is 2. The standard InChI is InChI=1S/C28H27F3N4O6/c1-16-5-3-4-6-21(16)34-27(39)35-22-12-7-17(13-23(22)40-2)14-24(36)33-19-10-8-18(9-11-19)20(32)15-25(37)41-26(38)28(29,30)31/h3-13,20H,14-15,32H2,1-2H3,(H,33,36)(H2,34,35,39)/t20-/m1/s1. The molecular formula is C28H27F3N4O6. The summed E-state index contributed by atoms with van der Waals surface area (Å²) in [7, 11) is 1.43. The fourth-order valence-corrected chi connectivity index (χ4v) is 3.64. The predicted molar refractivity (Wildman–Crippen MR) is 144 cm³/mol. The van der Waals surface area contributed by atoms with Gasteiger partial charge in [0.1, 0.15) is 5.75 Å². The fourth-order valence-electron chi connectivity index (χ4n) is 3.64. The van der Waals surface area contributed by atoms with Crippen molar-refractivity contribution < 1.29 is 41.8 Å². The number of carbonyl (C=O) groups is 4. The second-order valence-corrected chi connectivity index (χ2v) is 8.85. The Morgan fingerprint density at radius 3 is 2.20 bits per heavy atom. The van der Waals surface area contributed by atoms with Crippen LogP contribution in [-0.2, 0) is 25.5 Å². The van der Waals surface area contributed by atoms with Crippen LogP contribution in [0.5, 0.6) is 5.75 Å². The number of alkyl halides is 3. The van der Waals surface area contributed by atoms with Gasteiger partial charge in [0.15, 0.2) is 0 Å². The van der Waals surface area contributed by atoms with E-state index in [0.29, 0.717) is 33.9 Å². The van der Waals surface area contributed by atoms with E-state index in [1.807, 2.05) is 19.1 Å². The number of rotatable bonds is 9. The number of anilines is 3. The molecule has 13 heteroatoms. The molecule has 0 aromatic heterocycles. The number of halogens is 3. The van der Waals surface area contributed by atoms with Gasteiger partial charge in [-0.3, -0.25) is 9.59 Å². The Kier molecular flexibility index (Phi) is 10.0. The second kappa shape index (κ2) is 13.4. The summed E-state index contributed by atoms with van der Waals surface area (Å²) < 4.78 is 45.8. The lowest BCUT2D eigenvalue weighted by atomic mass is 10.0. The molecule has 10 nitrogen and oxygen atoms in total. The summed E-state index contributed by atoms with van der Waals surface area (Å²) in [5.41, 5.74) is 9.17. The lowest BCUT2D eigenvalue weighted by Crippen LogP contribution is -2.29. The predicted octanol–water partition coefficient (Wildman–Crippen LogP) is 4.85. The number of carbonyl (C=O) groups excluding carboxylic acids is 4. The molecule has 0 unspecified atom stereocenters. The highest BCUT2D eigenvalue weighted by Crippen LogP contribution is 2.27. The number of urea groups is 1. The number of hydrogen-bond acceptors (Lipinski definition) is 7. The fraction of sp³-hybridized carbons (Fsp3) is 0.214. The van der Waals surface area contributed by atoms with Gasteiger partial charge in [-0.2, -0.15) is 13.2 Å². The zero-order valence-corrected chi connectivity index (χ0v) is 22.0. The number of methoxy groups -OCH3 is 1. The van der Waals surface area contributed by atoms with E-state index in [2.05, 4.69) is 20.7 Å². The van der Waals surface area contributed by atoms with E-state index < -0.39 is 36.6 Å². The Morgan fingerprint density at radius 2 is 1.56 bits per heavy atom. The van der Waals surface area contributed by atoms with E-state index in [4.69, 9.17) is 10.5 Å². The second-order valence-electron chi connectivity index (χ2n) is 8.85. The lowest BCUT2D eigenvalue weighted by molar-refractivity contribution is -0.201. The maximum absolute atomic E-state index is 12.6. The first kappa shape index (κ1) is 30.6. The highest BCUT2D eigenvalue weighted by atomic mass is 19.4. The van der Waals surface area contributed by atoms with Crippen LogP contribution in [0.4, 0.5) is 35.0 Å². The number of hydrogen-bond donors (Lipinski definition) is 4. The van der Waals surface area contributed by atoms with Crippen LogP contribution in [0.2, 0.25) is 0 Å². The number of nitrogens with two attached hydrogens (primary N) is 1. The van der Waals surface area contributed by atoms with E-state index >= 15 is 0 Å². The van der Waals surface area contributed by atoms with Crippen LogP contribution in [-0.4, -0.2) is 37.2 Å². The van der Waals surface area contributed by atoms with Crippen LogP contribution in [0.15, 0.2) is 66.7 Å². The topological polar surface area (TPSA) is 149 Å². The van der Waals surface area contributed by atoms with Gasteiger partial charge in [-0.15, -0.1) is 0 Å². The molecule has 0 fully saturated rings. The van der Waals surface area contributed by atoms with Crippen LogP contribution in [0.1, 0.15) is 29.2 Å². The average Bonchev–Trinajstić information content (AvgIpc) is 2.90. The molecule has 3 aromatic carbocycles. The molecule has 3 aromatic rings. The van der Waals surface area contributed by atoms with Gasteiger partial charge < -0.3 is 31.2 Å². The maximum Gasteiger partial charge on any atom is 0.491 e. The molecular weight excluding hydrogens is 545 g/mol. The third kappa shape index (κ3) is 9.07. The third-order valence-electron chi connectivity index (χ3n) is 5.72. The SMILES string of the molecule is COc1cc(CC(=O)Nc2ccc([C@H](N)CC(=O)OC(=O)C(F)(F)F)cc2)ccc1NC(=O)Nc1ccccc1C. The van der Waals surface area contributed by atoms with Crippen LogP contribution in [0.3, 0.4) is 0 Å². The average molecular weight is 573 g/mol. The zero-order chi connectivity index (χ0) is 30.2. The molecule has 3 amide bonds. The number of aryl methyl sites for hydroxylation is 1. The Labute approximate surface area is 233 Å². The van der Waals surface area contributed by atoms with Crippen LogP contribution >= 0.6 is 0 Å². The molecule has 3 rings (SSSR count). The summed E-state index contributed by atoms with van der Waals surface area (Å²) in [5, 5.41) is 8.18. The normalized spacial score (nSPS) is 11.7. The monoisotopic (exact) mass is 572 g/mol. The van der Waals surface area contributed by atoms with E-state index in [1.165, 1.54) is 31.4 Å². The van der Waals surface area contributed by atoms with Crippen molar-refractivity contribution in [2.45, 2.75) is 32.0 Å². The van der Waals surface area contributed by atoms with Crippen molar-refractivity contribution in [2.24, 2.45) is 5.73 Å². The maximum atomic E-state index is 12.6. The molecule has 216 valence electrons. The van der Waals surface area contributed by atoms with Gasteiger partial charge in [-0.05, 0) is 53.9 Å². The van der Waals surface area contributed by atoms with Crippen molar-refractivity contribution in [1.82, 2.24) is 0 Å². The summed E-state index contributed by atoms with van der Waals surface area (Å²) in [6, 6.07) is 16.7. The van der Waals surface area contributed by atoms with E-state index in [9.17, 15) is 32.3 Å². The Bertz CT molecular complexity index is 1430. The Hall–Kier alpha value is -4.91. The van der Waals surface area contributed by atoms with Gasteiger partial charge >= 0.3 is 24.1 Å². The Balaban J connectivity index is 1.54. The van der Waals surface area contributed by atoms with Gasteiger partial charge in [0.25, 0.3) is 0 Å². The number of ether oxygens (including phenoxy) is 2. The lowest BCUT2D eigenvalue weighted by Gasteiger charge is -2.14. The molecule has 0 spiro atoms. The van der Waals surface area contributed by atoms with Crippen LogP contribution in [0, 0.1) is 6.92 Å². The van der Waals surface area contributed by atoms with Crippen molar-refractivity contribution in [1.29, 1.82) is 0 Å². The minimum absolute atomic E-state index is 0.0214. The third-order valence-corrected chi connectivity index (χ3v) is 5.72. The molecule has 0 bridgehead atoms. The first-order valence-corrected chi connectivity index (χ1v) is 12.1. The van der Waals surface area contributed by atoms with Crippen molar-refractivity contribution in [2.75, 3.05) is 23.1 Å². The van der Waals surface area contributed by atoms with Gasteiger partial charge in [-0.25, -0.2) is 9.59 Å². The van der Waals surface area contributed by atoms with Crippen molar-refractivity contribution >= 4 is 40.9 Å². The highest BCUT2D eigenvalue weighted by Gasteiger charge is 2.42.